The van der Waals surface area contributed by atoms with Crippen LogP contribution in [0, 0.1) is 0 Å². The van der Waals surface area contributed by atoms with Gasteiger partial charge in [0.2, 0.25) is 0 Å². The van der Waals surface area contributed by atoms with Gasteiger partial charge >= 0.3 is 12.2 Å². The van der Waals surface area contributed by atoms with Crippen LogP contribution >= 0.6 is 11.6 Å². The number of rotatable bonds is 5. The van der Waals surface area contributed by atoms with Gasteiger partial charge in [0.1, 0.15) is 0 Å². The molecule has 0 aliphatic carbocycles. The molecule has 0 saturated heterocycles. The van der Waals surface area contributed by atoms with Crippen LogP contribution in [-0.2, 0) is 12.7 Å². The summed E-state index contributed by atoms with van der Waals surface area (Å²) >= 11 is 5.61. The third-order valence-electron chi connectivity index (χ3n) is 4.83. The molecule has 33 heavy (non-hydrogen) atoms. The van der Waals surface area contributed by atoms with E-state index in [4.69, 9.17) is 11.6 Å². The van der Waals surface area contributed by atoms with Gasteiger partial charge in [-0.05, 0) is 47.5 Å². The molecular weight excluding hydrogens is 455 g/mol. The van der Waals surface area contributed by atoms with Crippen LogP contribution in [0.4, 0.5) is 23.7 Å². The van der Waals surface area contributed by atoms with Gasteiger partial charge in [0.25, 0.3) is 0 Å². The molecule has 0 aliphatic rings. The standard InChI is InChI=1S/C23H17ClF3N5O/c24-20-5-4-17(11-19(20)23(25,26)27)31-22(33)29-12-14-2-1-3-16(10-14)21-18(13-30-32-21)15-6-8-28-9-7-15/h1-11,13H,12H2,(H,30,32)(H2,29,31,33). The Morgan fingerprint density at radius 1 is 1.03 bits per heavy atom. The molecule has 0 saturated carbocycles. The number of carbonyl (C=O) groups excluding carboxylic acids is 1. The third-order valence-corrected chi connectivity index (χ3v) is 5.16. The number of benzene rings is 2. The van der Waals surface area contributed by atoms with E-state index in [0.29, 0.717) is 0 Å². The molecule has 4 rings (SSSR count). The van der Waals surface area contributed by atoms with E-state index in [0.717, 1.165) is 40.1 Å². The molecule has 2 heterocycles. The molecule has 0 fully saturated rings. The van der Waals surface area contributed by atoms with Crippen molar-refractivity contribution in [3.63, 3.8) is 0 Å². The second kappa shape index (κ2) is 9.33. The number of amides is 2. The summed E-state index contributed by atoms with van der Waals surface area (Å²) in [6.07, 6.45) is 0.505. The number of pyridine rings is 1. The molecule has 10 heteroatoms. The highest BCUT2D eigenvalue weighted by Crippen LogP contribution is 2.36. The molecule has 0 unspecified atom stereocenters. The highest BCUT2D eigenvalue weighted by atomic mass is 35.5. The van der Waals surface area contributed by atoms with Crippen LogP contribution in [0.15, 0.2) is 73.2 Å². The number of alkyl halides is 3. The highest BCUT2D eigenvalue weighted by molar-refractivity contribution is 6.31. The van der Waals surface area contributed by atoms with Gasteiger partial charge in [-0.25, -0.2) is 4.79 Å². The fraction of sp³-hybridized carbons (Fsp3) is 0.0870. The van der Waals surface area contributed by atoms with Gasteiger partial charge in [0.15, 0.2) is 0 Å². The van der Waals surface area contributed by atoms with Crippen LogP contribution in [0.1, 0.15) is 11.1 Å². The van der Waals surface area contributed by atoms with Crippen molar-refractivity contribution >= 4 is 23.3 Å². The number of hydrogen-bond donors (Lipinski definition) is 3. The number of aromatic amines is 1. The topological polar surface area (TPSA) is 82.7 Å². The van der Waals surface area contributed by atoms with Crippen molar-refractivity contribution in [1.82, 2.24) is 20.5 Å². The number of carbonyl (C=O) groups is 1. The zero-order valence-corrected chi connectivity index (χ0v) is 17.7. The molecule has 2 aromatic carbocycles. The summed E-state index contributed by atoms with van der Waals surface area (Å²) in [5.74, 6) is 0. The van der Waals surface area contributed by atoms with Gasteiger partial charge in [0, 0.05) is 35.8 Å². The first-order valence-electron chi connectivity index (χ1n) is 9.76. The molecule has 6 nitrogen and oxygen atoms in total. The summed E-state index contributed by atoms with van der Waals surface area (Å²) in [7, 11) is 0. The van der Waals surface area contributed by atoms with Gasteiger partial charge in [-0.15, -0.1) is 0 Å². The van der Waals surface area contributed by atoms with Crippen LogP contribution in [-0.4, -0.2) is 21.2 Å². The molecule has 0 radical (unpaired) electrons. The zero-order chi connectivity index (χ0) is 23.4. The minimum atomic E-state index is -4.62. The second-order valence-corrected chi connectivity index (χ2v) is 7.50. The Hall–Kier alpha value is -3.85. The first-order valence-corrected chi connectivity index (χ1v) is 10.1. The molecule has 0 aliphatic heterocycles. The van der Waals surface area contributed by atoms with Crippen molar-refractivity contribution in [2.24, 2.45) is 0 Å². The average Bonchev–Trinajstić information content (AvgIpc) is 3.29. The molecule has 0 bridgehead atoms. The van der Waals surface area contributed by atoms with Gasteiger partial charge in [-0.1, -0.05) is 29.8 Å². The number of aromatic nitrogens is 3. The van der Waals surface area contributed by atoms with E-state index in [-0.39, 0.29) is 12.2 Å². The van der Waals surface area contributed by atoms with Crippen molar-refractivity contribution in [2.45, 2.75) is 12.7 Å². The van der Waals surface area contributed by atoms with E-state index >= 15 is 0 Å². The lowest BCUT2D eigenvalue weighted by Gasteiger charge is -2.12. The van der Waals surface area contributed by atoms with E-state index < -0.39 is 22.8 Å². The van der Waals surface area contributed by atoms with E-state index in [1.807, 2.05) is 36.4 Å². The monoisotopic (exact) mass is 471 g/mol. The largest absolute Gasteiger partial charge is 0.417 e. The van der Waals surface area contributed by atoms with Crippen molar-refractivity contribution in [3.8, 4) is 22.4 Å². The number of H-pyrrole nitrogens is 1. The van der Waals surface area contributed by atoms with E-state index in [1.165, 1.54) is 6.07 Å². The SMILES string of the molecule is O=C(NCc1cccc(-c2[nH]ncc2-c2ccncc2)c1)Nc1ccc(Cl)c(C(F)(F)F)c1. The lowest BCUT2D eigenvalue weighted by molar-refractivity contribution is -0.137. The zero-order valence-electron chi connectivity index (χ0n) is 16.9. The fourth-order valence-corrected chi connectivity index (χ4v) is 3.50. The molecule has 168 valence electrons. The van der Waals surface area contributed by atoms with Gasteiger partial charge in [0.05, 0.1) is 22.5 Å². The Balaban J connectivity index is 1.44. The molecule has 0 spiro atoms. The second-order valence-electron chi connectivity index (χ2n) is 7.10. The summed E-state index contributed by atoms with van der Waals surface area (Å²) in [6.45, 7) is 0.165. The first-order chi connectivity index (χ1) is 15.8. The molecule has 2 aromatic heterocycles. The Labute approximate surface area is 191 Å². The van der Waals surface area contributed by atoms with Gasteiger partial charge in [-0.3, -0.25) is 10.1 Å². The van der Waals surface area contributed by atoms with Crippen LogP contribution in [0.5, 0.6) is 0 Å². The Bertz CT molecular complexity index is 1270. The summed E-state index contributed by atoms with van der Waals surface area (Å²) in [6, 6.07) is 13.8. The predicted molar refractivity (Wildman–Crippen MR) is 120 cm³/mol. The summed E-state index contributed by atoms with van der Waals surface area (Å²) in [4.78, 5) is 16.3. The number of nitrogens with one attached hydrogen (secondary N) is 3. The lowest BCUT2D eigenvalue weighted by Crippen LogP contribution is -2.28. The van der Waals surface area contributed by atoms with Crippen molar-refractivity contribution < 1.29 is 18.0 Å². The predicted octanol–water partition coefficient (Wildman–Crippen LogP) is 6.13. The Morgan fingerprint density at radius 3 is 2.58 bits per heavy atom. The van der Waals surface area contributed by atoms with Gasteiger partial charge < -0.3 is 10.6 Å². The molecule has 4 aromatic rings. The summed E-state index contributed by atoms with van der Waals surface area (Å²) < 4.78 is 39.0. The summed E-state index contributed by atoms with van der Waals surface area (Å²) in [5.41, 5.74) is 3.31. The summed E-state index contributed by atoms with van der Waals surface area (Å²) in [5, 5.41) is 11.7. The molecule has 0 atom stereocenters. The third kappa shape index (κ3) is 5.32. The fourth-order valence-electron chi connectivity index (χ4n) is 3.27. The van der Waals surface area contributed by atoms with Crippen LogP contribution < -0.4 is 10.6 Å². The number of halogens is 4. The number of nitrogens with zero attached hydrogens (tertiary/aromatic N) is 2. The average molecular weight is 472 g/mol. The van der Waals surface area contributed by atoms with E-state index in [2.05, 4.69) is 25.8 Å². The molecular formula is C23H17ClF3N5O. The maximum absolute atomic E-state index is 13.0. The lowest BCUT2D eigenvalue weighted by atomic mass is 10.0. The highest BCUT2D eigenvalue weighted by Gasteiger charge is 2.33. The quantitative estimate of drug-likeness (QED) is 0.327. The minimum Gasteiger partial charge on any atom is -0.334 e. The van der Waals surface area contributed by atoms with E-state index in [9.17, 15) is 18.0 Å². The Kier molecular flexibility index (Phi) is 6.32. The maximum atomic E-state index is 13.0. The van der Waals surface area contributed by atoms with Crippen molar-refractivity contribution in [3.05, 3.63) is 89.3 Å². The molecule has 2 amide bonds. The maximum Gasteiger partial charge on any atom is 0.417 e. The minimum absolute atomic E-state index is 0.0163. The van der Waals surface area contributed by atoms with Crippen LogP contribution in [0.3, 0.4) is 0 Å². The van der Waals surface area contributed by atoms with E-state index in [1.54, 1.807) is 18.6 Å². The number of hydrogen-bond acceptors (Lipinski definition) is 3. The number of urea groups is 1. The smallest absolute Gasteiger partial charge is 0.334 e. The number of anilines is 1. The van der Waals surface area contributed by atoms with Gasteiger partial charge in [-0.2, -0.15) is 18.3 Å². The van der Waals surface area contributed by atoms with Crippen LogP contribution in [0.2, 0.25) is 5.02 Å². The van der Waals surface area contributed by atoms with Crippen LogP contribution in [0.25, 0.3) is 22.4 Å². The van der Waals surface area contributed by atoms with Crippen molar-refractivity contribution in [1.29, 1.82) is 0 Å². The Morgan fingerprint density at radius 2 is 1.82 bits per heavy atom. The molecule has 3 N–H and O–H groups in total. The first kappa shape index (κ1) is 22.3. The normalized spacial score (nSPS) is 11.3. The van der Waals surface area contributed by atoms with Crippen molar-refractivity contribution in [2.75, 3.05) is 5.32 Å².